The van der Waals surface area contributed by atoms with Crippen LogP contribution in [0.2, 0.25) is 0 Å². The van der Waals surface area contributed by atoms with Crippen LogP contribution in [0, 0.1) is 0 Å². The lowest BCUT2D eigenvalue weighted by molar-refractivity contribution is -0.140. The van der Waals surface area contributed by atoms with E-state index in [1.807, 2.05) is 32.0 Å². The van der Waals surface area contributed by atoms with Crippen LogP contribution in [0.4, 0.5) is 0 Å². The van der Waals surface area contributed by atoms with Crippen LogP contribution in [0.25, 0.3) is 5.76 Å². The number of aliphatic hydroxyl groups excluding tert-OH is 1. The summed E-state index contributed by atoms with van der Waals surface area (Å²) in [5, 5.41) is 11.2. The highest BCUT2D eigenvalue weighted by atomic mass is 16.5. The van der Waals surface area contributed by atoms with Crippen LogP contribution in [0.3, 0.4) is 0 Å². The van der Waals surface area contributed by atoms with Crippen molar-refractivity contribution in [1.82, 2.24) is 4.90 Å². The Bertz CT molecular complexity index is 1180. The number of rotatable bonds is 9. The first-order valence-electron chi connectivity index (χ1n) is 11.3. The molecule has 3 aromatic rings. The van der Waals surface area contributed by atoms with E-state index in [0.717, 1.165) is 6.42 Å². The Labute approximate surface area is 198 Å². The lowest BCUT2D eigenvalue weighted by Crippen LogP contribution is -2.29. The molecule has 1 fully saturated rings. The van der Waals surface area contributed by atoms with Crippen molar-refractivity contribution in [2.45, 2.75) is 32.9 Å². The second-order valence-electron chi connectivity index (χ2n) is 7.88. The zero-order valence-corrected chi connectivity index (χ0v) is 19.2. The van der Waals surface area contributed by atoms with Gasteiger partial charge in [-0.25, -0.2) is 0 Å². The summed E-state index contributed by atoms with van der Waals surface area (Å²) < 4.78 is 16.7. The van der Waals surface area contributed by atoms with E-state index in [4.69, 9.17) is 13.9 Å². The smallest absolute Gasteiger partial charge is 0.296 e. The molecule has 7 nitrogen and oxygen atoms in total. The molecule has 0 spiro atoms. The van der Waals surface area contributed by atoms with Crippen molar-refractivity contribution in [2.75, 3.05) is 13.2 Å². The summed E-state index contributed by atoms with van der Waals surface area (Å²) in [5.41, 5.74) is 1.10. The van der Waals surface area contributed by atoms with Crippen molar-refractivity contribution < 1.29 is 28.6 Å². The van der Waals surface area contributed by atoms with Crippen molar-refractivity contribution in [3.8, 4) is 11.5 Å². The van der Waals surface area contributed by atoms with Gasteiger partial charge < -0.3 is 23.9 Å². The minimum atomic E-state index is -0.804. The predicted molar refractivity (Wildman–Crippen MR) is 126 cm³/mol. The monoisotopic (exact) mass is 461 g/mol. The first-order valence-corrected chi connectivity index (χ1v) is 11.3. The molecular formula is C27H27NO6. The van der Waals surface area contributed by atoms with Crippen LogP contribution in [-0.4, -0.2) is 34.9 Å². The second kappa shape index (κ2) is 10.3. The van der Waals surface area contributed by atoms with Gasteiger partial charge in [-0.3, -0.25) is 9.59 Å². The molecule has 1 amide bonds. The third-order valence-corrected chi connectivity index (χ3v) is 5.53. The zero-order chi connectivity index (χ0) is 24.1. The number of hydrogen-bond acceptors (Lipinski definition) is 6. The molecule has 1 aliphatic rings. The maximum Gasteiger partial charge on any atom is 0.296 e. The summed E-state index contributed by atoms with van der Waals surface area (Å²) in [6.07, 6.45) is 2.36. The van der Waals surface area contributed by atoms with Crippen LogP contribution < -0.4 is 9.47 Å². The molecule has 1 saturated heterocycles. The molecule has 0 aliphatic carbocycles. The SMILES string of the molecule is CCCOc1cccc(C2C(=C(O)c3ccc(OCC)cc3)C(=O)C(=O)N2Cc2ccco2)c1. The minimum absolute atomic E-state index is 0.0216. The lowest BCUT2D eigenvalue weighted by Gasteiger charge is -2.25. The molecule has 0 radical (unpaired) electrons. The Hall–Kier alpha value is -4.00. The van der Waals surface area contributed by atoms with Gasteiger partial charge in [0, 0.05) is 5.56 Å². The molecule has 176 valence electrons. The first-order chi connectivity index (χ1) is 16.5. The van der Waals surface area contributed by atoms with Gasteiger partial charge in [0.15, 0.2) is 0 Å². The van der Waals surface area contributed by atoms with Gasteiger partial charge in [0.1, 0.15) is 23.0 Å². The fourth-order valence-electron chi connectivity index (χ4n) is 3.99. The summed E-state index contributed by atoms with van der Waals surface area (Å²) in [7, 11) is 0. The second-order valence-corrected chi connectivity index (χ2v) is 7.88. The minimum Gasteiger partial charge on any atom is -0.507 e. The average molecular weight is 462 g/mol. The summed E-state index contributed by atoms with van der Waals surface area (Å²) in [6.45, 7) is 5.04. The largest absolute Gasteiger partial charge is 0.507 e. The van der Waals surface area contributed by atoms with Gasteiger partial charge in [0.2, 0.25) is 0 Å². The molecule has 1 N–H and O–H groups in total. The standard InChI is InChI=1S/C27H27NO6/c1-3-14-33-21-8-5-7-19(16-21)24-23(25(29)18-10-12-20(13-11-18)32-4-2)26(30)27(31)28(24)17-22-9-6-15-34-22/h5-13,15-16,24,29H,3-4,14,17H2,1-2H3. The van der Waals surface area contributed by atoms with Gasteiger partial charge in [-0.1, -0.05) is 19.1 Å². The fourth-order valence-corrected chi connectivity index (χ4v) is 3.99. The number of carbonyl (C=O) groups excluding carboxylic acids is 2. The van der Waals surface area contributed by atoms with Gasteiger partial charge in [-0.2, -0.15) is 0 Å². The highest BCUT2D eigenvalue weighted by Crippen LogP contribution is 2.41. The molecule has 2 heterocycles. The van der Waals surface area contributed by atoms with Crippen LogP contribution >= 0.6 is 0 Å². The van der Waals surface area contributed by atoms with E-state index in [9.17, 15) is 14.7 Å². The Morgan fingerprint density at radius 2 is 1.79 bits per heavy atom. The maximum absolute atomic E-state index is 13.2. The highest BCUT2D eigenvalue weighted by Gasteiger charge is 2.46. The average Bonchev–Trinajstić information content (AvgIpc) is 3.45. The van der Waals surface area contributed by atoms with E-state index in [1.54, 1.807) is 42.5 Å². The molecule has 1 aliphatic heterocycles. The van der Waals surface area contributed by atoms with Crippen molar-refractivity contribution in [1.29, 1.82) is 0 Å². The predicted octanol–water partition coefficient (Wildman–Crippen LogP) is 5.09. The highest BCUT2D eigenvalue weighted by molar-refractivity contribution is 6.46. The number of aliphatic hydroxyl groups is 1. The van der Waals surface area contributed by atoms with E-state index < -0.39 is 17.7 Å². The van der Waals surface area contributed by atoms with Crippen molar-refractivity contribution in [3.05, 3.63) is 89.4 Å². The Balaban J connectivity index is 1.80. The Morgan fingerprint density at radius 1 is 1.00 bits per heavy atom. The third-order valence-electron chi connectivity index (χ3n) is 5.53. The van der Waals surface area contributed by atoms with Gasteiger partial charge >= 0.3 is 0 Å². The fraction of sp³-hybridized carbons (Fsp3) is 0.259. The van der Waals surface area contributed by atoms with E-state index in [-0.39, 0.29) is 17.9 Å². The number of carbonyl (C=O) groups is 2. The number of nitrogens with zero attached hydrogens (tertiary/aromatic N) is 1. The number of hydrogen-bond donors (Lipinski definition) is 1. The topological polar surface area (TPSA) is 89.2 Å². The molecular weight excluding hydrogens is 434 g/mol. The molecule has 0 bridgehead atoms. The molecule has 34 heavy (non-hydrogen) atoms. The third kappa shape index (κ3) is 4.69. The number of likely N-dealkylation sites (tertiary alicyclic amines) is 1. The summed E-state index contributed by atoms with van der Waals surface area (Å²) >= 11 is 0. The van der Waals surface area contributed by atoms with Gasteiger partial charge in [0.05, 0.1) is 37.6 Å². The zero-order valence-electron chi connectivity index (χ0n) is 19.2. The number of ether oxygens (including phenoxy) is 2. The van der Waals surface area contributed by atoms with Gasteiger partial charge in [-0.15, -0.1) is 0 Å². The van der Waals surface area contributed by atoms with Crippen LogP contribution in [0.5, 0.6) is 11.5 Å². The van der Waals surface area contributed by atoms with Crippen LogP contribution in [0.15, 0.2) is 76.9 Å². The Morgan fingerprint density at radius 3 is 2.47 bits per heavy atom. The molecule has 7 heteroatoms. The number of benzene rings is 2. The normalized spacial score (nSPS) is 17.2. The Kier molecular flexibility index (Phi) is 7.01. The van der Waals surface area contributed by atoms with E-state index in [1.165, 1.54) is 11.2 Å². The summed E-state index contributed by atoms with van der Waals surface area (Å²) in [4.78, 5) is 27.7. The lowest BCUT2D eigenvalue weighted by atomic mass is 9.95. The quantitative estimate of drug-likeness (QED) is 0.271. The van der Waals surface area contributed by atoms with Gasteiger partial charge in [-0.05, 0) is 67.4 Å². The van der Waals surface area contributed by atoms with Gasteiger partial charge in [0.25, 0.3) is 11.7 Å². The van der Waals surface area contributed by atoms with Crippen molar-refractivity contribution in [2.24, 2.45) is 0 Å². The number of Topliss-reactive ketones (excluding diaryl/α,β-unsaturated/α-hetero) is 1. The molecule has 4 rings (SSSR count). The molecule has 1 unspecified atom stereocenters. The summed E-state index contributed by atoms with van der Waals surface area (Å²) in [6, 6.07) is 16.7. The van der Waals surface area contributed by atoms with Crippen molar-refractivity contribution >= 4 is 17.4 Å². The van der Waals surface area contributed by atoms with E-state index in [0.29, 0.717) is 41.6 Å². The number of amides is 1. The van der Waals surface area contributed by atoms with Crippen molar-refractivity contribution in [3.63, 3.8) is 0 Å². The van der Waals surface area contributed by atoms with E-state index >= 15 is 0 Å². The molecule has 1 atom stereocenters. The molecule has 2 aromatic carbocycles. The number of ketones is 1. The van der Waals surface area contributed by atoms with Crippen LogP contribution in [-0.2, 0) is 16.1 Å². The summed E-state index contributed by atoms with van der Waals surface area (Å²) in [5.74, 6) is 0.120. The first kappa shape index (κ1) is 23.2. The molecule has 1 aromatic heterocycles. The number of furan rings is 1. The molecule has 0 saturated carbocycles. The maximum atomic E-state index is 13.2. The van der Waals surface area contributed by atoms with Crippen LogP contribution in [0.1, 0.15) is 43.2 Å². The van der Waals surface area contributed by atoms with E-state index in [2.05, 4.69) is 0 Å².